The zero-order valence-electron chi connectivity index (χ0n) is 20.6. The molecule has 0 heterocycles. The molecule has 0 atom stereocenters. The summed E-state index contributed by atoms with van der Waals surface area (Å²) in [5.74, 6) is 18.4. The van der Waals surface area contributed by atoms with E-state index in [2.05, 4.69) is 54.3 Å². The normalized spacial score (nSPS) is 7.45. The molecule has 0 aromatic carbocycles. The molecule has 0 unspecified atom stereocenters. The molecule has 0 saturated carbocycles. The molecule has 0 radical (unpaired) electrons. The number of hydrogen-bond donors (Lipinski definition) is 2. The highest BCUT2D eigenvalue weighted by Crippen LogP contribution is 2.08. The third-order valence-electron chi connectivity index (χ3n) is 3.70. The number of aldehydes is 2. The van der Waals surface area contributed by atoms with E-state index >= 15 is 0 Å². The van der Waals surface area contributed by atoms with Gasteiger partial charge in [-0.3, -0.25) is 0 Å². The first-order valence-electron chi connectivity index (χ1n) is 11.6. The third-order valence-corrected chi connectivity index (χ3v) is 3.70. The molecule has 0 aliphatic heterocycles. The average molecular weight is 455 g/mol. The predicted molar refractivity (Wildman–Crippen MR) is 139 cm³/mol. The topological polar surface area (TPSA) is 74.6 Å². The summed E-state index contributed by atoms with van der Waals surface area (Å²) >= 11 is 0. The van der Waals surface area contributed by atoms with Crippen LogP contribution >= 0.6 is 0 Å². The summed E-state index contributed by atoms with van der Waals surface area (Å²) in [4.78, 5) is 18.8. The maximum Gasteiger partial charge on any atom is 0.119 e. The van der Waals surface area contributed by atoms with Crippen LogP contribution in [0.4, 0.5) is 0 Å². The first kappa shape index (κ1) is 37.4. The summed E-state index contributed by atoms with van der Waals surface area (Å²) in [5, 5.41) is 16.6. The summed E-state index contributed by atoms with van der Waals surface area (Å²) in [5.41, 5.74) is 0. The first-order valence-corrected chi connectivity index (χ1v) is 11.6. The Bertz CT molecular complexity index is 619. The molecule has 0 amide bonds. The van der Waals surface area contributed by atoms with Gasteiger partial charge in [-0.15, -0.1) is 12.8 Å². The predicted octanol–water partition coefficient (Wildman–Crippen LogP) is 4.72. The molecule has 0 fully saturated rings. The Labute approximate surface area is 203 Å². The van der Waals surface area contributed by atoms with Crippen LogP contribution in [0.3, 0.4) is 0 Å². The minimum absolute atomic E-state index is 0.283. The maximum absolute atomic E-state index is 9.98. The largest absolute Gasteiger partial charge is 0.396 e. The van der Waals surface area contributed by atoms with E-state index in [9.17, 15) is 4.79 Å². The Balaban J connectivity index is -0.000000183. The van der Waals surface area contributed by atoms with Crippen LogP contribution in [-0.2, 0) is 9.59 Å². The second-order valence-corrected chi connectivity index (χ2v) is 6.57. The van der Waals surface area contributed by atoms with Crippen molar-refractivity contribution in [2.24, 2.45) is 0 Å². The molecule has 0 spiro atoms. The molecule has 4 nitrogen and oxygen atoms in total. The van der Waals surface area contributed by atoms with Crippen molar-refractivity contribution < 1.29 is 19.8 Å². The highest BCUT2D eigenvalue weighted by Gasteiger charge is 1.90. The minimum Gasteiger partial charge on any atom is -0.396 e. The van der Waals surface area contributed by atoms with Crippen LogP contribution in [-0.4, -0.2) is 36.0 Å². The molecule has 0 aliphatic rings. The number of carbonyl (C=O) groups is 2. The third kappa shape index (κ3) is 65.2. The van der Waals surface area contributed by atoms with Gasteiger partial charge in [0, 0.05) is 19.6 Å². The quantitative estimate of drug-likeness (QED) is 0.226. The number of terminal acetylenes is 2. The van der Waals surface area contributed by atoms with Crippen LogP contribution in [0.5, 0.6) is 0 Å². The smallest absolute Gasteiger partial charge is 0.119 e. The van der Waals surface area contributed by atoms with Gasteiger partial charge in [-0.05, 0) is 73.5 Å². The Kier molecular flexibility index (Phi) is 53.3. The SMILES string of the molecule is C#CC#CC#CC#CC#C.CC=O.CCCCCCCCCCC=O.OCCCCCCO. The van der Waals surface area contributed by atoms with E-state index in [-0.39, 0.29) is 13.2 Å². The van der Waals surface area contributed by atoms with E-state index < -0.39 is 0 Å². The van der Waals surface area contributed by atoms with Gasteiger partial charge in [0.1, 0.15) is 12.6 Å². The Morgan fingerprint density at radius 1 is 0.606 bits per heavy atom. The molecule has 0 bridgehead atoms. The molecule has 0 saturated heterocycles. The molecular formula is C29H42O4. The lowest BCUT2D eigenvalue weighted by atomic mass is 10.1. The summed E-state index contributed by atoms with van der Waals surface area (Å²) < 4.78 is 0. The second-order valence-electron chi connectivity index (χ2n) is 6.57. The molecule has 0 aliphatic carbocycles. The number of unbranched alkanes of at least 4 members (excludes halogenated alkanes) is 11. The van der Waals surface area contributed by atoms with E-state index in [0.29, 0.717) is 0 Å². The van der Waals surface area contributed by atoms with Crippen molar-refractivity contribution in [3.05, 3.63) is 0 Å². The fraction of sp³-hybridized carbons (Fsp3) is 0.586. The molecule has 4 heteroatoms. The van der Waals surface area contributed by atoms with Gasteiger partial charge in [-0.25, -0.2) is 0 Å². The number of carbonyl (C=O) groups excluding carboxylic acids is 2. The standard InChI is InChI=1S/C11H22O.C10H2.C6H14O2.C2H4O/c1-2-3-4-5-6-7-8-9-10-11-12;1-3-5-7-9-10-8-6-4-2;7-5-3-1-2-4-6-8;1-2-3/h11H,2-10H2,1H3;1-2H;7-8H,1-6H2;2H,1H3. The van der Waals surface area contributed by atoms with Crippen LogP contribution in [0.25, 0.3) is 0 Å². The van der Waals surface area contributed by atoms with Crippen molar-refractivity contribution in [3.63, 3.8) is 0 Å². The highest BCUT2D eigenvalue weighted by molar-refractivity contribution is 5.48. The van der Waals surface area contributed by atoms with Gasteiger partial charge in [-0.2, -0.15) is 0 Å². The number of hydrogen-bond acceptors (Lipinski definition) is 4. The van der Waals surface area contributed by atoms with Crippen LogP contribution in [0.15, 0.2) is 0 Å². The van der Waals surface area contributed by atoms with Gasteiger partial charge in [0.15, 0.2) is 0 Å². The van der Waals surface area contributed by atoms with Gasteiger partial charge < -0.3 is 19.8 Å². The van der Waals surface area contributed by atoms with Gasteiger partial charge >= 0.3 is 0 Å². The second kappa shape index (κ2) is 47.0. The molecule has 0 rings (SSSR count). The Morgan fingerprint density at radius 2 is 0.939 bits per heavy atom. The molecule has 0 aromatic rings. The lowest BCUT2D eigenvalue weighted by molar-refractivity contribution is -0.108. The van der Waals surface area contributed by atoms with Crippen LogP contribution in [0.2, 0.25) is 0 Å². The molecule has 2 N–H and O–H groups in total. The van der Waals surface area contributed by atoms with Crippen molar-refractivity contribution in [1.29, 1.82) is 0 Å². The fourth-order valence-electron chi connectivity index (χ4n) is 2.14. The van der Waals surface area contributed by atoms with E-state index in [4.69, 9.17) is 27.9 Å². The Hall–Kier alpha value is -2.94. The first-order chi connectivity index (χ1) is 16.2. The van der Waals surface area contributed by atoms with Crippen LogP contribution in [0.1, 0.15) is 97.3 Å². The number of rotatable bonds is 14. The Morgan fingerprint density at radius 3 is 1.27 bits per heavy atom. The monoisotopic (exact) mass is 454 g/mol. The average Bonchev–Trinajstić information content (AvgIpc) is 2.82. The van der Waals surface area contributed by atoms with Crippen LogP contribution in [0, 0.1) is 60.2 Å². The zero-order chi connectivity index (χ0) is 25.7. The van der Waals surface area contributed by atoms with E-state index in [1.165, 1.54) is 51.9 Å². The fourth-order valence-corrected chi connectivity index (χ4v) is 2.14. The molecule has 182 valence electrons. The highest BCUT2D eigenvalue weighted by atomic mass is 16.3. The van der Waals surface area contributed by atoms with Crippen LogP contribution < -0.4 is 0 Å². The number of aliphatic hydroxyl groups excluding tert-OH is 2. The number of aliphatic hydroxyl groups is 2. The molecule has 33 heavy (non-hydrogen) atoms. The minimum atomic E-state index is 0.283. The lowest BCUT2D eigenvalue weighted by Crippen LogP contribution is -1.85. The molecule has 0 aromatic heterocycles. The van der Waals surface area contributed by atoms with Crippen molar-refractivity contribution >= 4 is 12.6 Å². The van der Waals surface area contributed by atoms with Crippen molar-refractivity contribution in [2.75, 3.05) is 13.2 Å². The van der Waals surface area contributed by atoms with Crippen molar-refractivity contribution in [3.8, 4) is 60.2 Å². The summed E-state index contributed by atoms with van der Waals surface area (Å²) in [6.07, 6.45) is 26.5. The zero-order valence-corrected chi connectivity index (χ0v) is 20.6. The van der Waals surface area contributed by atoms with Gasteiger partial charge in [0.2, 0.25) is 0 Å². The maximum atomic E-state index is 9.98. The summed E-state index contributed by atoms with van der Waals surface area (Å²) in [6.45, 7) is 4.25. The van der Waals surface area contributed by atoms with E-state index in [1.54, 1.807) is 0 Å². The van der Waals surface area contributed by atoms with Crippen molar-refractivity contribution in [2.45, 2.75) is 97.3 Å². The van der Waals surface area contributed by atoms with Crippen molar-refractivity contribution in [1.82, 2.24) is 0 Å². The van der Waals surface area contributed by atoms with Gasteiger partial charge in [-0.1, -0.05) is 64.7 Å². The van der Waals surface area contributed by atoms with Gasteiger partial charge in [0.05, 0.1) is 0 Å². The van der Waals surface area contributed by atoms with E-state index in [0.717, 1.165) is 51.1 Å². The summed E-state index contributed by atoms with van der Waals surface area (Å²) in [7, 11) is 0. The lowest BCUT2D eigenvalue weighted by Gasteiger charge is -1.98. The van der Waals surface area contributed by atoms with E-state index in [1.807, 2.05) is 0 Å². The molecular weight excluding hydrogens is 412 g/mol. The summed E-state index contributed by atoms with van der Waals surface area (Å²) in [6, 6.07) is 0. The van der Waals surface area contributed by atoms with Gasteiger partial charge in [0.25, 0.3) is 0 Å².